The molecule has 1 aliphatic rings. The Balaban J connectivity index is 0.000000157. The molecule has 0 heterocycles. The van der Waals surface area contributed by atoms with Crippen LogP contribution in [0.15, 0.2) is 140 Å². The molecular weight excluding hydrogens is 585 g/mol. The van der Waals surface area contributed by atoms with Crippen LogP contribution in [0.4, 0.5) is 0 Å². The fourth-order valence-corrected chi connectivity index (χ4v) is 7.45. The van der Waals surface area contributed by atoms with E-state index >= 15 is 0 Å². The van der Waals surface area contributed by atoms with Gasteiger partial charge in [0.2, 0.25) is 0 Å². The van der Waals surface area contributed by atoms with Crippen LogP contribution in [0.25, 0.3) is 0 Å². The summed E-state index contributed by atoms with van der Waals surface area (Å²) in [4.78, 5) is 0. The number of benzene rings is 5. The Morgan fingerprint density at radius 2 is 1.07 bits per heavy atom. The third kappa shape index (κ3) is 10.2. The molecule has 1 aliphatic carbocycles. The average molecular weight is 635 g/mol. The van der Waals surface area contributed by atoms with E-state index in [1.807, 2.05) is 12.1 Å². The molecule has 3 heteroatoms. The molecule has 6 unspecified atom stereocenters. The first kappa shape index (κ1) is 34.3. The second-order valence-electron chi connectivity index (χ2n) is 11.6. The third-order valence-corrected chi connectivity index (χ3v) is 10.6. The molecule has 5 aromatic carbocycles. The van der Waals surface area contributed by atoms with Gasteiger partial charge in [-0.3, -0.25) is 0 Å². The Morgan fingerprint density at radius 3 is 1.57 bits per heavy atom. The smallest absolute Gasteiger partial charge is 0.0234 e. The highest BCUT2D eigenvalue weighted by molar-refractivity contribution is 7.27. The Hall–Kier alpha value is -2.61. The molecule has 0 saturated heterocycles. The average Bonchev–Trinajstić information content (AvgIpc) is 3.10. The summed E-state index contributed by atoms with van der Waals surface area (Å²) in [5.74, 6) is 1.41. The topological polar surface area (TPSA) is 0 Å². The van der Waals surface area contributed by atoms with Crippen molar-refractivity contribution in [3.8, 4) is 0 Å². The fourth-order valence-electron chi connectivity index (χ4n) is 6.14. The Bertz CT molecular complexity index is 1450. The van der Waals surface area contributed by atoms with Crippen molar-refractivity contribution in [2.75, 3.05) is 0 Å². The number of rotatable bonds is 6. The van der Waals surface area contributed by atoms with Crippen LogP contribution < -0.4 is 5.30 Å². The predicted octanol–water partition coefficient (Wildman–Crippen LogP) is 10.9. The quantitative estimate of drug-likeness (QED) is 0.163. The standard InChI is InChI=1S/C18H21P.C13H13P.C10H15P/c19-18-12-11-16(14-7-3-1-4-8-14)13-17(18)15-9-5-2-6-10-15;14-13(11-7-3-1-4-8-11)12-9-5-2-6-10-12;1-3-8-5-6-10(11)7-9(8)4-2/h1-10,16-18H,11-13,19H2;1-10,13H,14H2;5-7H,3-4,11H2,1-2H3. The Kier molecular flexibility index (Phi) is 14.3. The zero-order valence-corrected chi connectivity index (χ0v) is 29.8. The molecule has 0 bridgehead atoms. The van der Waals surface area contributed by atoms with Gasteiger partial charge in [-0.1, -0.05) is 153 Å². The van der Waals surface area contributed by atoms with Gasteiger partial charge in [0.25, 0.3) is 0 Å². The molecule has 44 heavy (non-hydrogen) atoms. The van der Waals surface area contributed by atoms with Crippen LogP contribution in [-0.4, -0.2) is 5.66 Å². The fraction of sp³-hybridized carbons (Fsp3) is 0.268. The maximum atomic E-state index is 3.07. The Morgan fingerprint density at radius 1 is 0.591 bits per heavy atom. The lowest BCUT2D eigenvalue weighted by atomic mass is 9.75. The number of hydrogen-bond acceptors (Lipinski definition) is 0. The first-order chi connectivity index (χ1) is 21.5. The molecule has 0 spiro atoms. The van der Waals surface area contributed by atoms with Crippen LogP contribution in [0.5, 0.6) is 0 Å². The van der Waals surface area contributed by atoms with Crippen LogP contribution in [-0.2, 0) is 12.8 Å². The molecule has 228 valence electrons. The van der Waals surface area contributed by atoms with Gasteiger partial charge < -0.3 is 0 Å². The molecule has 1 fully saturated rings. The second-order valence-corrected chi connectivity index (χ2v) is 13.8. The summed E-state index contributed by atoms with van der Waals surface area (Å²) in [7, 11) is 8.69. The second kappa shape index (κ2) is 18.4. The molecule has 1 saturated carbocycles. The van der Waals surface area contributed by atoms with Crippen molar-refractivity contribution in [1.29, 1.82) is 0 Å². The van der Waals surface area contributed by atoms with Crippen molar-refractivity contribution < 1.29 is 0 Å². The van der Waals surface area contributed by atoms with E-state index in [0.29, 0.717) is 11.6 Å². The summed E-state index contributed by atoms with van der Waals surface area (Å²) >= 11 is 0. The minimum absolute atomic E-state index is 0.400. The van der Waals surface area contributed by atoms with Crippen LogP contribution in [0.2, 0.25) is 0 Å². The van der Waals surface area contributed by atoms with Crippen molar-refractivity contribution in [3.63, 3.8) is 0 Å². The monoisotopic (exact) mass is 634 g/mol. The van der Waals surface area contributed by atoms with Gasteiger partial charge in [0.15, 0.2) is 0 Å². The number of hydrogen-bond donors (Lipinski definition) is 0. The minimum Gasteiger partial charge on any atom is -0.134 e. The van der Waals surface area contributed by atoms with Gasteiger partial charge in [-0.15, -0.1) is 27.7 Å². The molecule has 6 atom stereocenters. The Labute approximate surface area is 274 Å². The van der Waals surface area contributed by atoms with E-state index < -0.39 is 0 Å². The van der Waals surface area contributed by atoms with Crippen molar-refractivity contribution >= 4 is 33.0 Å². The van der Waals surface area contributed by atoms with Crippen LogP contribution in [0.3, 0.4) is 0 Å². The van der Waals surface area contributed by atoms with Crippen molar-refractivity contribution in [2.24, 2.45) is 0 Å². The van der Waals surface area contributed by atoms with Gasteiger partial charge in [0, 0.05) is 5.66 Å². The molecule has 5 aromatic rings. The number of aryl methyl sites for hydroxylation is 2. The third-order valence-electron chi connectivity index (χ3n) is 8.71. The summed E-state index contributed by atoms with van der Waals surface area (Å²) in [5, 5.41) is 1.29. The van der Waals surface area contributed by atoms with Gasteiger partial charge in [-0.05, 0) is 88.3 Å². The SMILES string of the molecule is CCc1ccc(P)cc1CC.PC(c1ccccc1)c1ccccc1.PC1CCC(c2ccccc2)CC1c1ccccc1. The van der Waals surface area contributed by atoms with Crippen LogP contribution in [0.1, 0.15) is 84.0 Å². The van der Waals surface area contributed by atoms with Gasteiger partial charge in [0.1, 0.15) is 0 Å². The van der Waals surface area contributed by atoms with Crippen molar-refractivity contribution in [2.45, 2.75) is 69.1 Å². The molecule has 6 rings (SSSR count). The first-order valence-electron chi connectivity index (χ1n) is 16.1. The van der Waals surface area contributed by atoms with Crippen molar-refractivity contribution in [1.82, 2.24) is 0 Å². The minimum atomic E-state index is 0.400. The van der Waals surface area contributed by atoms with E-state index in [-0.39, 0.29) is 0 Å². The first-order valence-corrected chi connectivity index (χ1v) is 18.0. The lowest BCUT2D eigenvalue weighted by molar-refractivity contribution is 0.404. The van der Waals surface area contributed by atoms with Crippen molar-refractivity contribution in [3.05, 3.63) is 173 Å². The van der Waals surface area contributed by atoms with E-state index in [9.17, 15) is 0 Å². The molecule has 0 N–H and O–H groups in total. The molecular formula is C41H49P3. The largest absolute Gasteiger partial charge is 0.134 e. The van der Waals surface area contributed by atoms with E-state index in [4.69, 9.17) is 0 Å². The lowest BCUT2D eigenvalue weighted by Crippen LogP contribution is -2.22. The summed E-state index contributed by atoms with van der Waals surface area (Å²) in [6.07, 6.45) is 6.20. The predicted molar refractivity (Wildman–Crippen MR) is 205 cm³/mol. The maximum Gasteiger partial charge on any atom is 0.0234 e. The van der Waals surface area contributed by atoms with E-state index in [2.05, 4.69) is 169 Å². The molecule has 0 aliphatic heterocycles. The van der Waals surface area contributed by atoms with E-state index in [0.717, 1.165) is 24.4 Å². The summed E-state index contributed by atoms with van der Waals surface area (Å²) < 4.78 is 0. The highest BCUT2D eigenvalue weighted by atomic mass is 31.0. The molecule has 0 aromatic heterocycles. The van der Waals surface area contributed by atoms with Gasteiger partial charge in [-0.25, -0.2) is 0 Å². The highest BCUT2D eigenvalue weighted by Gasteiger charge is 2.29. The van der Waals surface area contributed by atoms with Crippen LogP contribution in [0, 0.1) is 0 Å². The summed E-state index contributed by atoms with van der Waals surface area (Å²) in [6, 6.07) is 49.7. The molecule has 0 amide bonds. The zero-order valence-electron chi connectivity index (χ0n) is 26.4. The normalized spacial score (nSPS) is 17.5. The summed E-state index contributed by atoms with van der Waals surface area (Å²) in [6.45, 7) is 4.41. The lowest BCUT2D eigenvalue weighted by Gasteiger charge is -2.34. The van der Waals surface area contributed by atoms with Gasteiger partial charge >= 0.3 is 0 Å². The van der Waals surface area contributed by atoms with E-state index in [1.165, 1.54) is 57.9 Å². The van der Waals surface area contributed by atoms with Gasteiger partial charge in [-0.2, -0.15) is 0 Å². The van der Waals surface area contributed by atoms with Crippen LogP contribution >= 0.6 is 27.7 Å². The van der Waals surface area contributed by atoms with E-state index in [1.54, 1.807) is 0 Å². The highest BCUT2D eigenvalue weighted by Crippen LogP contribution is 2.44. The molecule has 0 nitrogen and oxygen atoms in total. The maximum absolute atomic E-state index is 3.07. The summed E-state index contributed by atoms with van der Waals surface area (Å²) in [5.41, 5.74) is 9.79. The zero-order chi connectivity index (χ0) is 31.1. The van der Waals surface area contributed by atoms with Gasteiger partial charge in [0.05, 0.1) is 0 Å². The molecule has 0 radical (unpaired) electrons.